The molecule has 0 bridgehead atoms. The van der Waals surface area contributed by atoms with E-state index in [0.717, 1.165) is 27.7 Å². The van der Waals surface area contributed by atoms with Crippen molar-refractivity contribution in [1.29, 1.82) is 0 Å². The minimum absolute atomic E-state index is 0.357. The third kappa shape index (κ3) is 3.05. The Morgan fingerprint density at radius 3 is 2.73 bits per heavy atom. The highest BCUT2D eigenvalue weighted by Crippen LogP contribution is 2.31. The zero-order chi connectivity index (χ0) is 15.5. The Kier molecular flexibility index (Phi) is 4.27. The van der Waals surface area contributed by atoms with Gasteiger partial charge in [-0.25, -0.2) is 9.67 Å². The molecule has 0 saturated heterocycles. The fourth-order valence-corrected chi connectivity index (χ4v) is 3.16. The molecular formula is C16H12ClN3OS. The molecule has 0 amide bonds. The molecule has 4 nitrogen and oxygen atoms in total. The van der Waals surface area contributed by atoms with Crippen LogP contribution in [0, 0.1) is 6.92 Å². The smallest absolute Gasteiger partial charge is 0.170 e. The summed E-state index contributed by atoms with van der Waals surface area (Å²) in [5, 5.41) is 6.49. The first-order chi connectivity index (χ1) is 10.7. The minimum Gasteiger partial charge on any atom is -0.296 e. The van der Waals surface area contributed by atoms with Gasteiger partial charge in [-0.2, -0.15) is 5.10 Å². The summed E-state index contributed by atoms with van der Waals surface area (Å²) in [7, 11) is 0. The van der Waals surface area contributed by atoms with Gasteiger partial charge in [-0.15, -0.1) is 0 Å². The van der Waals surface area contributed by atoms with Gasteiger partial charge >= 0.3 is 0 Å². The summed E-state index contributed by atoms with van der Waals surface area (Å²) >= 11 is 7.68. The van der Waals surface area contributed by atoms with Crippen molar-refractivity contribution in [2.45, 2.75) is 17.0 Å². The number of rotatable bonds is 4. The van der Waals surface area contributed by atoms with E-state index in [2.05, 4.69) is 10.1 Å². The number of benzene rings is 1. The van der Waals surface area contributed by atoms with Gasteiger partial charge in [-0.1, -0.05) is 29.8 Å². The molecule has 0 atom stereocenters. The quantitative estimate of drug-likeness (QED) is 0.673. The van der Waals surface area contributed by atoms with Gasteiger partial charge in [0.1, 0.15) is 15.7 Å². The predicted molar refractivity (Wildman–Crippen MR) is 87.1 cm³/mol. The van der Waals surface area contributed by atoms with Crippen molar-refractivity contribution >= 4 is 29.6 Å². The van der Waals surface area contributed by atoms with Crippen molar-refractivity contribution in [2.24, 2.45) is 0 Å². The van der Waals surface area contributed by atoms with Gasteiger partial charge in [-0.3, -0.25) is 4.79 Å². The van der Waals surface area contributed by atoms with Crippen LogP contribution in [-0.2, 0) is 0 Å². The van der Waals surface area contributed by atoms with Crippen LogP contribution >= 0.6 is 23.4 Å². The summed E-state index contributed by atoms with van der Waals surface area (Å²) in [6.07, 6.45) is 0.723. The molecule has 0 N–H and O–H groups in total. The second-order valence-electron chi connectivity index (χ2n) is 4.61. The maximum atomic E-state index is 11.1. The molecule has 0 spiro atoms. The van der Waals surface area contributed by atoms with Crippen molar-refractivity contribution in [3.05, 3.63) is 64.9 Å². The highest BCUT2D eigenvalue weighted by Gasteiger charge is 2.13. The third-order valence-electron chi connectivity index (χ3n) is 2.97. The van der Waals surface area contributed by atoms with Crippen LogP contribution in [0.1, 0.15) is 16.2 Å². The van der Waals surface area contributed by atoms with E-state index >= 15 is 0 Å². The van der Waals surface area contributed by atoms with Crippen LogP contribution in [0.25, 0.3) is 5.69 Å². The van der Waals surface area contributed by atoms with E-state index in [9.17, 15) is 4.79 Å². The number of nitrogens with zero attached hydrogens (tertiary/aromatic N) is 3. The predicted octanol–water partition coefficient (Wildman–Crippen LogP) is 4.19. The lowest BCUT2D eigenvalue weighted by molar-refractivity contribution is 0.111. The van der Waals surface area contributed by atoms with Crippen molar-refractivity contribution in [1.82, 2.24) is 14.8 Å². The molecule has 1 aromatic carbocycles. The van der Waals surface area contributed by atoms with Gasteiger partial charge in [0.2, 0.25) is 0 Å². The molecule has 0 aliphatic heterocycles. The summed E-state index contributed by atoms with van der Waals surface area (Å²) in [5.74, 6) is 0. The average molecular weight is 330 g/mol. The van der Waals surface area contributed by atoms with Crippen LogP contribution in [0.5, 0.6) is 0 Å². The van der Waals surface area contributed by atoms with Crippen molar-refractivity contribution in [3.63, 3.8) is 0 Å². The molecule has 110 valence electrons. The monoisotopic (exact) mass is 329 g/mol. The number of hydrogen-bond donors (Lipinski definition) is 0. The van der Waals surface area contributed by atoms with Gasteiger partial charge in [0.25, 0.3) is 0 Å². The molecule has 6 heteroatoms. The van der Waals surface area contributed by atoms with Crippen LogP contribution in [0.2, 0.25) is 5.02 Å². The van der Waals surface area contributed by atoms with E-state index in [0.29, 0.717) is 10.7 Å². The topological polar surface area (TPSA) is 47.8 Å². The summed E-state index contributed by atoms with van der Waals surface area (Å²) in [6.45, 7) is 1.94. The molecule has 2 aromatic heterocycles. The number of aldehydes is 1. The largest absolute Gasteiger partial charge is 0.296 e. The van der Waals surface area contributed by atoms with Gasteiger partial charge in [0.15, 0.2) is 6.29 Å². The lowest BCUT2D eigenvalue weighted by atomic mass is 10.3. The Morgan fingerprint density at radius 2 is 2.00 bits per heavy atom. The number of aryl methyl sites for hydroxylation is 1. The molecule has 2 heterocycles. The summed E-state index contributed by atoms with van der Waals surface area (Å²) < 4.78 is 1.67. The zero-order valence-corrected chi connectivity index (χ0v) is 13.3. The summed E-state index contributed by atoms with van der Waals surface area (Å²) in [6, 6.07) is 14.9. The van der Waals surface area contributed by atoms with E-state index in [1.165, 1.54) is 11.8 Å². The number of aromatic nitrogens is 3. The van der Waals surface area contributed by atoms with Crippen molar-refractivity contribution in [2.75, 3.05) is 0 Å². The first-order valence-electron chi connectivity index (χ1n) is 6.59. The molecule has 3 aromatic rings. The number of halogens is 1. The molecule has 0 radical (unpaired) electrons. The van der Waals surface area contributed by atoms with E-state index in [4.69, 9.17) is 11.6 Å². The van der Waals surface area contributed by atoms with E-state index < -0.39 is 0 Å². The van der Waals surface area contributed by atoms with Crippen LogP contribution in [-0.4, -0.2) is 21.1 Å². The van der Waals surface area contributed by atoms with Gasteiger partial charge in [0, 0.05) is 11.8 Å². The normalized spacial score (nSPS) is 10.6. The molecule has 0 fully saturated rings. The summed E-state index contributed by atoms with van der Waals surface area (Å²) in [4.78, 5) is 15.5. The Bertz CT molecular complexity index is 832. The van der Waals surface area contributed by atoms with E-state index in [1.54, 1.807) is 16.8 Å². The highest BCUT2D eigenvalue weighted by atomic mass is 35.5. The zero-order valence-electron chi connectivity index (χ0n) is 11.7. The molecule has 0 aliphatic carbocycles. The first kappa shape index (κ1) is 14.8. The van der Waals surface area contributed by atoms with E-state index in [-0.39, 0.29) is 0 Å². The second kappa shape index (κ2) is 6.34. The van der Waals surface area contributed by atoms with Gasteiger partial charge in [-0.05, 0) is 43.0 Å². The molecular weight excluding hydrogens is 318 g/mol. The Balaban J connectivity index is 2.06. The van der Waals surface area contributed by atoms with Crippen LogP contribution in [0.3, 0.4) is 0 Å². The Hall–Kier alpha value is -2.11. The summed E-state index contributed by atoms with van der Waals surface area (Å²) in [5.41, 5.74) is 2.02. The minimum atomic E-state index is 0.357. The maximum Gasteiger partial charge on any atom is 0.170 e. The molecule has 22 heavy (non-hydrogen) atoms. The lowest BCUT2D eigenvalue weighted by Gasteiger charge is -2.08. The second-order valence-corrected chi connectivity index (χ2v) is 6.06. The fourth-order valence-electron chi connectivity index (χ4n) is 1.99. The van der Waals surface area contributed by atoms with Gasteiger partial charge < -0.3 is 0 Å². The Labute approximate surface area is 137 Å². The molecule has 0 aliphatic rings. The van der Waals surface area contributed by atoms with Crippen molar-refractivity contribution < 1.29 is 4.79 Å². The number of carbonyl (C=O) groups is 1. The Morgan fingerprint density at radius 1 is 1.18 bits per heavy atom. The van der Waals surface area contributed by atoms with Crippen LogP contribution in [0.4, 0.5) is 0 Å². The lowest BCUT2D eigenvalue weighted by Crippen LogP contribution is -2.00. The van der Waals surface area contributed by atoms with Crippen molar-refractivity contribution in [3.8, 4) is 5.69 Å². The standard InChI is InChI=1S/C16H12ClN3OS/c1-11-5-4-8-15(18-11)22-16-9-12(10-21)19-20(16)14-7-3-2-6-13(14)17/h2-10H,1H3. The number of hydrogen-bond acceptors (Lipinski definition) is 4. The van der Waals surface area contributed by atoms with Crippen LogP contribution in [0.15, 0.2) is 58.6 Å². The van der Waals surface area contributed by atoms with Gasteiger partial charge in [0.05, 0.1) is 10.7 Å². The maximum absolute atomic E-state index is 11.1. The molecule has 0 saturated carbocycles. The molecule has 3 rings (SSSR count). The van der Waals surface area contributed by atoms with Crippen LogP contribution < -0.4 is 0 Å². The first-order valence-corrected chi connectivity index (χ1v) is 7.78. The van der Waals surface area contributed by atoms with E-state index in [1.807, 2.05) is 43.3 Å². The third-order valence-corrected chi connectivity index (χ3v) is 4.22. The average Bonchev–Trinajstić information content (AvgIpc) is 2.90. The number of carbonyl (C=O) groups excluding carboxylic acids is 1. The highest BCUT2D eigenvalue weighted by molar-refractivity contribution is 7.99. The number of para-hydroxylation sites is 1. The molecule has 0 unspecified atom stereocenters. The number of pyridine rings is 1. The SMILES string of the molecule is Cc1cccc(Sc2cc(C=O)nn2-c2ccccc2Cl)n1. The fraction of sp³-hybridized carbons (Fsp3) is 0.0625.